The van der Waals surface area contributed by atoms with Gasteiger partial charge in [0.2, 0.25) is 0 Å². The summed E-state index contributed by atoms with van der Waals surface area (Å²) in [6.07, 6.45) is 0. The summed E-state index contributed by atoms with van der Waals surface area (Å²) in [7, 11) is 0. The van der Waals surface area contributed by atoms with E-state index in [4.69, 9.17) is 9.47 Å². The van der Waals surface area contributed by atoms with Crippen molar-refractivity contribution in [1.29, 1.82) is 0 Å². The van der Waals surface area contributed by atoms with Crippen molar-refractivity contribution in [3.05, 3.63) is 60.7 Å². The minimum absolute atomic E-state index is 0.386. The molecule has 0 radical (unpaired) electrons. The van der Waals surface area contributed by atoms with Gasteiger partial charge in [0.1, 0.15) is 0 Å². The van der Waals surface area contributed by atoms with Crippen molar-refractivity contribution in [3.8, 4) is 11.5 Å². The summed E-state index contributed by atoms with van der Waals surface area (Å²) in [5.41, 5.74) is 0. The van der Waals surface area contributed by atoms with Crippen LogP contribution in [0.15, 0.2) is 60.7 Å². The number of benzene rings is 2. The number of para-hydroxylation sites is 2. The molecule has 2 nitrogen and oxygen atoms in total. The van der Waals surface area contributed by atoms with E-state index in [1.807, 2.05) is 60.7 Å². The second-order valence-corrected chi connectivity index (χ2v) is 3.78. The molecule has 0 atom stereocenters. The normalized spacial score (nSPS) is 9.50. The van der Waals surface area contributed by atoms with E-state index >= 15 is 0 Å². The van der Waals surface area contributed by atoms with E-state index in [9.17, 15) is 0 Å². The van der Waals surface area contributed by atoms with Crippen LogP contribution in [0.5, 0.6) is 11.5 Å². The Morgan fingerprint density at radius 3 is 1.44 bits per heavy atom. The maximum atomic E-state index is 5.46. The van der Waals surface area contributed by atoms with Gasteiger partial charge in [0.25, 0.3) is 0 Å². The second kappa shape index (κ2) is 5.50. The maximum absolute atomic E-state index is 5.46. The van der Waals surface area contributed by atoms with E-state index in [1.54, 1.807) is 0 Å². The Bertz CT molecular complexity index is 410. The van der Waals surface area contributed by atoms with Crippen molar-refractivity contribution in [2.45, 2.75) is 0 Å². The number of ether oxygens (including phenoxy) is 2. The van der Waals surface area contributed by atoms with E-state index in [0.29, 0.717) is 4.79 Å². The van der Waals surface area contributed by atoms with E-state index in [0.717, 1.165) is 11.5 Å². The van der Waals surface area contributed by atoms with Crippen LogP contribution >= 0.6 is 0 Å². The molecule has 0 bridgehead atoms. The van der Waals surface area contributed by atoms with Crippen molar-refractivity contribution in [2.24, 2.45) is 0 Å². The molecule has 2 rings (SSSR count). The molecular weight excluding hydrogens is 267 g/mol. The third-order valence-corrected chi connectivity index (χ3v) is 2.24. The number of rotatable bonds is 4. The summed E-state index contributed by atoms with van der Waals surface area (Å²) >= 11 is 2.75. The summed E-state index contributed by atoms with van der Waals surface area (Å²) in [5, 5.41) is 0. The predicted octanol–water partition coefficient (Wildman–Crippen LogP) is 2.40. The van der Waals surface area contributed by atoms with E-state index in [1.165, 1.54) is 0 Å². The average molecular weight is 277 g/mol. The van der Waals surface area contributed by atoms with Gasteiger partial charge in [0.05, 0.1) is 0 Å². The van der Waals surface area contributed by atoms with Gasteiger partial charge in [0, 0.05) is 0 Å². The molecule has 0 saturated heterocycles. The first-order valence-corrected chi connectivity index (χ1v) is 5.70. The van der Waals surface area contributed by atoms with Crippen LogP contribution in [0.3, 0.4) is 0 Å². The molecule has 0 amide bonds. The molecular formula is C13H10O2Se. The van der Waals surface area contributed by atoms with Crippen molar-refractivity contribution in [2.75, 3.05) is 0 Å². The summed E-state index contributed by atoms with van der Waals surface area (Å²) in [6, 6.07) is 19.0. The second-order valence-electron chi connectivity index (χ2n) is 3.08. The van der Waals surface area contributed by atoms with Gasteiger partial charge < -0.3 is 0 Å². The fourth-order valence-electron chi connectivity index (χ4n) is 1.19. The summed E-state index contributed by atoms with van der Waals surface area (Å²) in [4.78, 5) is 0.386. The Morgan fingerprint density at radius 1 is 0.688 bits per heavy atom. The summed E-state index contributed by atoms with van der Waals surface area (Å²) in [5.74, 6) is 1.49. The van der Waals surface area contributed by atoms with Gasteiger partial charge in [-0.1, -0.05) is 0 Å². The van der Waals surface area contributed by atoms with Gasteiger partial charge >= 0.3 is 102 Å². The molecule has 2 aromatic rings. The van der Waals surface area contributed by atoms with Crippen molar-refractivity contribution in [3.63, 3.8) is 0 Å². The van der Waals surface area contributed by atoms with E-state index in [-0.39, 0.29) is 0 Å². The molecule has 0 aromatic heterocycles. The Balaban J connectivity index is 1.95. The van der Waals surface area contributed by atoms with Gasteiger partial charge in [-0.25, -0.2) is 0 Å². The molecule has 0 aliphatic heterocycles. The van der Waals surface area contributed by atoms with Crippen LogP contribution < -0.4 is 9.47 Å². The molecule has 3 heteroatoms. The monoisotopic (exact) mass is 278 g/mol. The van der Waals surface area contributed by atoms with Crippen LogP contribution in [0, 0.1) is 0 Å². The fraction of sp³-hybridized carbons (Fsp3) is 0. The first-order valence-electron chi connectivity index (χ1n) is 4.84. The molecule has 80 valence electrons. The van der Waals surface area contributed by atoms with Crippen LogP contribution in [0.25, 0.3) is 0 Å². The van der Waals surface area contributed by atoms with E-state index in [2.05, 4.69) is 15.6 Å². The third-order valence-electron chi connectivity index (χ3n) is 1.89. The quantitative estimate of drug-likeness (QED) is 0.799. The molecule has 0 saturated carbocycles. The third kappa shape index (κ3) is 3.23. The Kier molecular flexibility index (Phi) is 3.75. The average Bonchev–Trinajstić information content (AvgIpc) is 2.31. The first-order chi connectivity index (χ1) is 7.84. The van der Waals surface area contributed by atoms with Crippen LogP contribution in [-0.2, 0) is 0 Å². The van der Waals surface area contributed by atoms with E-state index < -0.39 is 0 Å². The van der Waals surface area contributed by atoms with Gasteiger partial charge in [0.15, 0.2) is 0 Å². The molecule has 0 aliphatic rings. The minimum atomic E-state index is 0.386. The van der Waals surface area contributed by atoms with Crippen LogP contribution in [0.4, 0.5) is 0 Å². The Hall–Kier alpha value is -1.57. The molecule has 16 heavy (non-hydrogen) atoms. The van der Waals surface area contributed by atoms with Gasteiger partial charge in [-0.3, -0.25) is 0 Å². The SMILES string of the molecule is [Se]=C(Oc1ccccc1)Oc1ccccc1. The summed E-state index contributed by atoms with van der Waals surface area (Å²) < 4.78 is 10.9. The molecule has 0 unspecified atom stereocenters. The topological polar surface area (TPSA) is 18.5 Å². The Morgan fingerprint density at radius 2 is 1.06 bits per heavy atom. The zero-order valence-electron chi connectivity index (χ0n) is 8.50. The van der Waals surface area contributed by atoms with Crippen molar-refractivity contribution < 1.29 is 9.47 Å². The zero-order chi connectivity index (χ0) is 11.2. The van der Waals surface area contributed by atoms with Gasteiger partial charge in [-0.05, 0) is 0 Å². The standard InChI is InChI=1S/C13H10O2Se/c16-13(14-11-7-3-1-4-8-11)15-12-9-5-2-6-10-12/h1-10H. The van der Waals surface area contributed by atoms with Crippen molar-refractivity contribution >= 4 is 20.4 Å². The van der Waals surface area contributed by atoms with Crippen LogP contribution in [-0.4, -0.2) is 20.4 Å². The number of hydrogen-bond donors (Lipinski definition) is 0. The van der Waals surface area contributed by atoms with Gasteiger partial charge in [-0.2, -0.15) is 0 Å². The zero-order valence-corrected chi connectivity index (χ0v) is 10.2. The predicted molar refractivity (Wildman–Crippen MR) is 64.9 cm³/mol. The van der Waals surface area contributed by atoms with Gasteiger partial charge in [-0.15, -0.1) is 0 Å². The molecule has 2 aromatic carbocycles. The fourth-order valence-corrected chi connectivity index (χ4v) is 1.59. The molecule has 0 N–H and O–H groups in total. The van der Waals surface area contributed by atoms with Crippen LogP contribution in [0.1, 0.15) is 0 Å². The summed E-state index contributed by atoms with van der Waals surface area (Å²) in [6.45, 7) is 0. The molecule has 0 aliphatic carbocycles. The first kappa shape index (κ1) is 10.9. The van der Waals surface area contributed by atoms with Crippen LogP contribution in [0.2, 0.25) is 0 Å². The number of hydrogen-bond acceptors (Lipinski definition) is 2. The molecule has 0 fully saturated rings. The Labute approximate surface area is 102 Å². The molecule has 0 heterocycles. The van der Waals surface area contributed by atoms with Crippen molar-refractivity contribution in [1.82, 2.24) is 0 Å². The molecule has 0 spiro atoms.